The van der Waals surface area contributed by atoms with Crippen LogP contribution in [0.25, 0.3) is 33.5 Å². The molecule has 0 atom stereocenters. The molecule has 0 aliphatic rings. The van der Waals surface area contributed by atoms with Gasteiger partial charge in [0.1, 0.15) is 22.5 Å². The van der Waals surface area contributed by atoms with Gasteiger partial charge in [0, 0.05) is 11.1 Å². The molecular weight excluding hydrogens is 316 g/mol. The number of aromatic nitrogens is 3. The van der Waals surface area contributed by atoms with Gasteiger partial charge < -0.3 is 15.9 Å². The summed E-state index contributed by atoms with van der Waals surface area (Å²) >= 11 is 0. The lowest BCUT2D eigenvalue weighted by Gasteiger charge is -2.11. The molecule has 6 heteroatoms. The van der Waals surface area contributed by atoms with Gasteiger partial charge in [-0.05, 0) is 24.3 Å². The molecule has 0 spiro atoms. The molecule has 0 radical (unpaired) electrons. The van der Waals surface area contributed by atoms with Gasteiger partial charge in [0.25, 0.3) is 0 Å². The molecule has 0 aliphatic carbocycles. The van der Waals surface area contributed by atoms with Crippen LogP contribution in [-0.4, -0.2) is 25.2 Å². The number of pyridine rings is 1. The average Bonchev–Trinajstić information content (AvgIpc) is 2.61. The van der Waals surface area contributed by atoms with E-state index in [0.717, 1.165) is 0 Å². The number of benzene rings is 2. The van der Waals surface area contributed by atoms with Gasteiger partial charge in [-0.25, -0.2) is 9.97 Å². The minimum atomic E-state index is 0.129. The summed E-state index contributed by atoms with van der Waals surface area (Å²) in [4.78, 5) is 13.4. The molecule has 0 fully saturated rings. The van der Waals surface area contributed by atoms with Gasteiger partial charge in [-0.1, -0.05) is 24.3 Å². The molecule has 0 aliphatic heterocycles. The Bertz CT molecular complexity index is 1100. The van der Waals surface area contributed by atoms with Crippen LogP contribution in [0.2, 0.25) is 0 Å². The van der Waals surface area contributed by atoms with E-state index in [1.807, 2.05) is 12.1 Å². The predicted octanol–water partition coefficient (Wildman–Crippen LogP) is 3.35. The predicted molar refractivity (Wildman–Crippen MR) is 95.9 cm³/mol. The Labute approximate surface area is 143 Å². The fourth-order valence-electron chi connectivity index (χ4n) is 2.71. The third kappa shape index (κ3) is 2.70. The maximum Gasteiger partial charge on any atom is 0.116 e. The van der Waals surface area contributed by atoms with Crippen LogP contribution in [0.5, 0.6) is 11.5 Å². The molecule has 0 amide bonds. The number of hydrogen-bond acceptors (Lipinski definition) is 6. The number of nitrogens with zero attached hydrogens (tertiary/aromatic N) is 3. The summed E-state index contributed by atoms with van der Waals surface area (Å²) in [6.45, 7) is 0. The number of fused-ring (bicyclic) bond motifs is 1. The zero-order valence-electron chi connectivity index (χ0n) is 13.1. The summed E-state index contributed by atoms with van der Waals surface area (Å²) in [5.41, 5.74) is 10.0. The van der Waals surface area contributed by atoms with Gasteiger partial charge in [-0.3, -0.25) is 4.98 Å². The summed E-state index contributed by atoms with van der Waals surface area (Å²) in [7, 11) is 0. The summed E-state index contributed by atoms with van der Waals surface area (Å²) < 4.78 is 0. The number of nitrogens with two attached hydrogens (primary N) is 1. The highest BCUT2D eigenvalue weighted by molar-refractivity contribution is 5.91. The van der Waals surface area contributed by atoms with Crippen molar-refractivity contribution in [1.82, 2.24) is 15.0 Å². The van der Waals surface area contributed by atoms with E-state index >= 15 is 0 Å². The van der Waals surface area contributed by atoms with Crippen LogP contribution in [-0.2, 0) is 0 Å². The number of hydrogen-bond donors (Lipinski definition) is 3. The fourth-order valence-corrected chi connectivity index (χ4v) is 2.71. The molecule has 2 aromatic carbocycles. The summed E-state index contributed by atoms with van der Waals surface area (Å²) in [6.07, 6.45) is 3.12. The standard InChI is InChI=1S/C19H14N4O2/c20-15-9-21-10-16-19(15)23-18(12-4-2-6-14(25)8-12)17(22-16)11-3-1-5-13(24)7-11/h1-10,24-25H,20H2. The quantitative estimate of drug-likeness (QED) is 0.520. The van der Waals surface area contributed by atoms with Crippen molar-refractivity contribution in [2.45, 2.75) is 0 Å². The second-order valence-corrected chi connectivity index (χ2v) is 5.62. The molecule has 4 aromatic rings. The molecule has 2 heterocycles. The van der Waals surface area contributed by atoms with Gasteiger partial charge >= 0.3 is 0 Å². The number of nitrogen functional groups attached to an aromatic ring is 1. The molecule has 2 aromatic heterocycles. The van der Waals surface area contributed by atoms with Crippen LogP contribution in [0.15, 0.2) is 60.9 Å². The Morgan fingerprint density at radius 3 is 1.96 bits per heavy atom. The maximum atomic E-state index is 9.82. The van der Waals surface area contributed by atoms with Crippen molar-refractivity contribution in [2.24, 2.45) is 0 Å². The van der Waals surface area contributed by atoms with Crippen molar-refractivity contribution in [2.75, 3.05) is 5.73 Å². The van der Waals surface area contributed by atoms with Crippen LogP contribution < -0.4 is 5.73 Å². The lowest BCUT2D eigenvalue weighted by molar-refractivity contribution is 0.475. The van der Waals surface area contributed by atoms with E-state index in [2.05, 4.69) is 15.0 Å². The molecule has 0 saturated carbocycles. The van der Waals surface area contributed by atoms with Crippen molar-refractivity contribution in [1.29, 1.82) is 0 Å². The molecular formula is C19H14N4O2. The van der Waals surface area contributed by atoms with E-state index in [4.69, 9.17) is 5.73 Å². The Kier molecular flexibility index (Phi) is 3.43. The van der Waals surface area contributed by atoms with Crippen molar-refractivity contribution in [3.8, 4) is 34.0 Å². The lowest BCUT2D eigenvalue weighted by atomic mass is 10.0. The first-order valence-electron chi connectivity index (χ1n) is 7.62. The van der Waals surface area contributed by atoms with Gasteiger partial charge in [0.2, 0.25) is 0 Å². The molecule has 6 nitrogen and oxygen atoms in total. The minimum Gasteiger partial charge on any atom is -0.508 e. The highest BCUT2D eigenvalue weighted by Crippen LogP contribution is 2.34. The number of rotatable bonds is 2. The van der Waals surface area contributed by atoms with Crippen molar-refractivity contribution < 1.29 is 10.2 Å². The molecule has 122 valence electrons. The van der Waals surface area contributed by atoms with E-state index < -0.39 is 0 Å². The summed E-state index contributed by atoms with van der Waals surface area (Å²) in [6, 6.07) is 13.5. The highest BCUT2D eigenvalue weighted by Gasteiger charge is 2.15. The third-order valence-electron chi connectivity index (χ3n) is 3.85. The van der Waals surface area contributed by atoms with Gasteiger partial charge in [0.05, 0.1) is 29.5 Å². The number of anilines is 1. The number of phenolic OH excluding ortho intramolecular Hbond substituents is 2. The van der Waals surface area contributed by atoms with Gasteiger partial charge in [-0.15, -0.1) is 0 Å². The summed E-state index contributed by atoms with van der Waals surface area (Å²) in [5, 5.41) is 19.6. The monoisotopic (exact) mass is 330 g/mol. The number of phenols is 2. The molecule has 0 bridgehead atoms. The maximum absolute atomic E-state index is 9.82. The smallest absolute Gasteiger partial charge is 0.116 e. The number of aromatic hydroxyl groups is 2. The fraction of sp³-hybridized carbons (Fsp3) is 0. The highest BCUT2D eigenvalue weighted by atomic mass is 16.3. The molecule has 4 N–H and O–H groups in total. The van der Waals surface area contributed by atoms with E-state index in [-0.39, 0.29) is 11.5 Å². The Morgan fingerprint density at radius 1 is 0.760 bits per heavy atom. The van der Waals surface area contributed by atoms with E-state index in [1.54, 1.807) is 42.6 Å². The van der Waals surface area contributed by atoms with E-state index in [9.17, 15) is 10.2 Å². The average molecular weight is 330 g/mol. The van der Waals surface area contributed by atoms with Crippen LogP contribution in [0.3, 0.4) is 0 Å². The Balaban J connectivity index is 2.07. The second kappa shape index (κ2) is 5.76. The zero-order valence-corrected chi connectivity index (χ0v) is 13.1. The van der Waals surface area contributed by atoms with Crippen LogP contribution >= 0.6 is 0 Å². The van der Waals surface area contributed by atoms with E-state index in [1.165, 1.54) is 6.20 Å². The summed E-state index contributed by atoms with van der Waals surface area (Å²) in [5.74, 6) is 0.260. The topological polar surface area (TPSA) is 105 Å². The van der Waals surface area contributed by atoms with Crippen molar-refractivity contribution in [3.63, 3.8) is 0 Å². The zero-order chi connectivity index (χ0) is 17.4. The van der Waals surface area contributed by atoms with Crippen molar-refractivity contribution >= 4 is 16.7 Å². The Morgan fingerprint density at radius 2 is 1.36 bits per heavy atom. The first-order chi connectivity index (χ1) is 12.1. The van der Waals surface area contributed by atoms with E-state index in [0.29, 0.717) is 39.2 Å². The minimum absolute atomic E-state index is 0.129. The molecule has 0 saturated heterocycles. The van der Waals surface area contributed by atoms with Crippen LogP contribution in [0, 0.1) is 0 Å². The van der Waals surface area contributed by atoms with Crippen LogP contribution in [0.4, 0.5) is 5.69 Å². The molecule has 25 heavy (non-hydrogen) atoms. The second-order valence-electron chi connectivity index (χ2n) is 5.62. The van der Waals surface area contributed by atoms with Gasteiger partial charge in [0.15, 0.2) is 0 Å². The van der Waals surface area contributed by atoms with Gasteiger partial charge in [-0.2, -0.15) is 0 Å². The SMILES string of the molecule is Nc1cncc2nc(-c3cccc(O)c3)c(-c3cccc(O)c3)nc12. The lowest BCUT2D eigenvalue weighted by Crippen LogP contribution is -1.99. The van der Waals surface area contributed by atoms with Crippen LogP contribution in [0.1, 0.15) is 0 Å². The van der Waals surface area contributed by atoms with Crippen molar-refractivity contribution in [3.05, 3.63) is 60.9 Å². The molecule has 0 unspecified atom stereocenters. The Hall–Kier alpha value is -3.67. The molecule has 4 rings (SSSR count). The normalized spacial score (nSPS) is 10.9. The largest absolute Gasteiger partial charge is 0.508 e. The third-order valence-corrected chi connectivity index (χ3v) is 3.85. The first kappa shape index (κ1) is 14.9. The first-order valence-corrected chi connectivity index (χ1v) is 7.62.